The van der Waals surface area contributed by atoms with Gasteiger partial charge in [-0.1, -0.05) is 12.1 Å². The lowest BCUT2D eigenvalue weighted by atomic mass is 10.1. The zero-order chi connectivity index (χ0) is 13.6. The van der Waals surface area contributed by atoms with Crippen LogP contribution in [-0.4, -0.2) is 28.7 Å². The van der Waals surface area contributed by atoms with Gasteiger partial charge in [-0.2, -0.15) is 0 Å². The van der Waals surface area contributed by atoms with E-state index in [0.717, 1.165) is 11.1 Å². The van der Waals surface area contributed by atoms with Crippen molar-refractivity contribution in [3.05, 3.63) is 34.9 Å². The Bertz CT molecular complexity index is 597. The van der Waals surface area contributed by atoms with Crippen LogP contribution in [0, 0.1) is 0 Å². The van der Waals surface area contributed by atoms with E-state index < -0.39 is 11.9 Å². The Morgan fingerprint density at radius 2 is 2.11 bits per heavy atom. The number of rotatable bonds is 2. The molecule has 1 fully saturated rings. The summed E-state index contributed by atoms with van der Waals surface area (Å²) in [6.07, 6.45) is 0.0440. The lowest BCUT2D eigenvalue weighted by Crippen LogP contribution is -2.40. The van der Waals surface area contributed by atoms with Crippen LogP contribution in [0.1, 0.15) is 27.9 Å². The Labute approximate surface area is 109 Å². The number of carbonyl (C=O) groups is 3. The van der Waals surface area contributed by atoms with Gasteiger partial charge in [0, 0.05) is 18.7 Å². The highest BCUT2D eigenvalue weighted by molar-refractivity contribution is 6.09. The highest BCUT2D eigenvalue weighted by atomic mass is 16.2. The van der Waals surface area contributed by atoms with Crippen LogP contribution < -0.4 is 11.1 Å². The molecule has 0 bridgehead atoms. The Hall–Kier alpha value is -2.21. The summed E-state index contributed by atoms with van der Waals surface area (Å²) < 4.78 is 0. The summed E-state index contributed by atoms with van der Waals surface area (Å²) in [5.41, 5.74) is 7.88. The smallest absolute Gasteiger partial charge is 0.255 e. The van der Waals surface area contributed by atoms with Gasteiger partial charge in [-0.05, 0) is 17.2 Å². The van der Waals surface area contributed by atoms with Crippen molar-refractivity contribution >= 4 is 17.7 Å². The molecule has 0 radical (unpaired) electrons. The maximum absolute atomic E-state index is 12.3. The lowest BCUT2D eigenvalue weighted by Gasteiger charge is -2.20. The van der Waals surface area contributed by atoms with Crippen LogP contribution in [0.25, 0.3) is 0 Å². The van der Waals surface area contributed by atoms with Gasteiger partial charge in [-0.15, -0.1) is 0 Å². The summed E-state index contributed by atoms with van der Waals surface area (Å²) >= 11 is 0. The predicted octanol–water partition coefficient (Wildman–Crippen LogP) is -0.484. The second kappa shape index (κ2) is 4.17. The van der Waals surface area contributed by atoms with Gasteiger partial charge < -0.3 is 10.6 Å². The van der Waals surface area contributed by atoms with Gasteiger partial charge in [-0.3, -0.25) is 19.7 Å². The summed E-state index contributed by atoms with van der Waals surface area (Å²) in [4.78, 5) is 36.6. The first-order chi connectivity index (χ1) is 9.10. The minimum Gasteiger partial charge on any atom is -0.326 e. The monoisotopic (exact) mass is 259 g/mol. The van der Waals surface area contributed by atoms with Gasteiger partial charge in [0.05, 0.1) is 6.42 Å². The van der Waals surface area contributed by atoms with E-state index in [9.17, 15) is 14.4 Å². The average Bonchev–Trinajstić information content (AvgIpc) is 2.89. The van der Waals surface area contributed by atoms with Crippen LogP contribution in [0.2, 0.25) is 0 Å². The zero-order valence-corrected chi connectivity index (χ0v) is 10.2. The molecule has 6 nitrogen and oxygen atoms in total. The molecule has 1 aromatic carbocycles. The van der Waals surface area contributed by atoms with Gasteiger partial charge in [-0.25, -0.2) is 0 Å². The minimum atomic E-state index is -0.686. The number of hydrogen-bond donors (Lipinski definition) is 2. The fraction of sp³-hybridized carbons (Fsp3) is 0.308. The third kappa shape index (κ3) is 1.80. The first-order valence-corrected chi connectivity index (χ1v) is 6.06. The maximum atomic E-state index is 12.3. The summed E-state index contributed by atoms with van der Waals surface area (Å²) in [7, 11) is 0. The van der Waals surface area contributed by atoms with Crippen molar-refractivity contribution in [3.8, 4) is 0 Å². The molecule has 3 rings (SSSR count). The first kappa shape index (κ1) is 11.9. The Morgan fingerprint density at radius 1 is 1.32 bits per heavy atom. The number of fused-ring (bicyclic) bond motifs is 1. The first-order valence-electron chi connectivity index (χ1n) is 6.06. The molecule has 2 heterocycles. The van der Waals surface area contributed by atoms with Crippen molar-refractivity contribution in [2.24, 2.45) is 5.73 Å². The molecule has 3 N–H and O–H groups in total. The van der Waals surface area contributed by atoms with Crippen LogP contribution in [0.15, 0.2) is 18.2 Å². The molecular formula is C13H13N3O3. The standard InChI is InChI=1S/C13H13N3O3/c14-5-7-1-2-8-6-16(13(19)9(8)3-7)10-4-11(17)15-12(10)18/h1-3,10H,4-6,14H2,(H,15,17,18). The SMILES string of the molecule is NCc1ccc2c(c1)C(=O)N(C1CC(=O)NC1=O)C2. The number of imide groups is 1. The van der Waals surface area contributed by atoms with Gasteiger partial charge in [0.1, 0.15) is 6.04 Å². The van der Waals surface area contributed by atoms with E-state index in [1.54, 1.807) is 6.07 Å². The fourth-order valence-corrected chi connectivity index (χ4v) is 2.54. The van der Waals surface area contributed by atoms with Crippen molar-refractivity contribution in [1.82, 2.24) is 10.2 Å². The van der Waals surface area contributed by atoms with Crippen LogP contribution in [-0.2, 0) is 22.7 Å². The van der Waals surface area contributed by atoms with Crippen LogP contribution >= 0.6 is 0 Å². The van der Waals surface area contributed by atoms with Gasteiger partial charge in [0.2, 0.25) is 11.8 Å². The number of nitrogens with zero attached hydrogens (tertiary/aromatic N) is 1. The van der Waals surface area contributed by atoms with Crippen molar-refractivity contribution < 1.29 is 14.4 Å². The number of amides is 3. The van der Waals surface area contributed by atoms with Crippen LogP contribution in [0.4, 0.5) is 0 Å². The molecule has 0 aliphatic carbocycles. The second-order valence-electron chi connectivity index (χ2n) is 4.76. The Balaban J connectivity index is 1.91. The van der Waals surface area contributed by atoms with Crippen LogP contribution in [0.3, 0.4) is 0 Å². The molecule has 0 saturated carbocycles. The quantitative estimate of drug-likeness (QED) is 0.701. The average molecular weight is 259 g/mol. The highest BCUT2D eigenvalue weighted by Gasteiger charge is 2.41. The fourth-order valence-electron chi connectivity index (χ4n) is 2.54. The molecule has 3 amide bonds. The minimum absolute atomic E-state index is 0.0440. The van der Waals surface area contributed by atoms with E-state index in [1.165, 1.54) is 4.90 Å². The largest absolute Gasteiger partial charge is 0.326 e. The highest BCUT2D eigenvalue weighted by Crippen LogP contribution is 2.27. The molecule has 2 aliphatic heterocycles. The third-order valence-corrected chi connectivity index (χ3v) is 3.56. The molecule has 1 saturated heterocycles. The topological polar surface area (TPSA) is 92.5 Å². The second-order valence-corrected chi connectivity index (χ2v) is 4.76. The predicted molar refractivity (Wildman–Crippen MR) is 65.8 cm³/mol. The summed E-state index contributed by atoms with van der Waals surface area (Å²) in [5.74, 6) is -0.938. The molecule has 6 heteroatoms. The van der Waals surface area contributed by atoms with E-state index in [0.29, 0.717) is 18.7 Å². The number of nitrogens with two attached hydrogens (primary N) is 1. The van der Waals surface area contributed by atoms with Gasteiger partial charge in [0.15, 0.2) is 0 Å². The molecule has 0 spiro atoms. The molecule has 1 unspecified atom stereocenters. The number of hydrogen-bond acceptors (Lipinski definition) is 4. The Morgan fingerprint density at radius 3 is 2.74 bits per heavy atom. The maximum Gasteiger partial charge on any atom is 0.255 e. The zero-order valence-electron chi connectivity index (χ0n) is 10.2. The van der Waals surface area contributed by atoms with E-state index in [-0.39, 0.29) is 18.2 Å². The van der Waals surface area contributed by atoms with E-state index in [4.69, 9.17) is 5.73 Å². The van der Waals surface area contributed by atoms with Gasteiger partial charge >= 0.3 is 0 Å². The molecule has 1 atom stereocenters. The molecule has 2 aliphatic rings. The molecule has 98 valence electrons. The summed E-state index contributed by atoms with van der Waals surface area (Å²) in [6, 6.07) is 4.79. The summed E-state index contributed by atoms with van der Waals surface area (Å²) in [6.45, 7) is 0.730. The van der Waals surface area contributed by atoms with Crippen molar-refractivity contribution in [3.63, 3.8) is 0 Å². The van der Waals surface area contributed by atoms with E-state index >= 15 is 0 Å². The lowest BCUT2D eigenvalue weighted by molar-refractivity contribution is -0.126. The van der Waals surface area contributed by atoms with E-state index in [1.807, 2.05) is 12.1 Å². The van der Waals surface area contributed by atoms with Crippen molar-refractivity contribution in [2.75, 3.05) is 0 Å². The number of benzene rings is 1. The molecule has 0 aromatic heterocycles. The van der Waals surface area contributed by atoms with Gasteiger partial charge in [0.25, 0.3) is 5.91 Å². The van der Waals surface area contributed by atoms with Crippen LogP contribution in [0.5, 0.6) is 0 Å². The Kier molecular flexibility index (Phi) is 2.60. The third-order valence-electron chi connectivity index (χ3n) is 3.56. The van der Waals surface area contributed by atoms with Crippen molar-refractivity contribution in [1.29, 1.82) is 0 Å². The number of nitrogens with one attached hydrogen (secondary N) is 1. The molecular weight excluding hydrogens is 246 g/mol. The van der Waals surface area contributed by atoms with Crippen molar-refractivity contribution in [2.45, 2.75) is 25.6 Å². The normalized spacial score (nSPS) is 21.8. The summed E-state index contributed by atoms with van der Waals surface area (Å²) in [5, 5.41) is 2.22. The number of carbonyl (C=O) groups excluding carboxylic acids is 3. The molecule has 1 aromatic rings. The van der Waals surface area contributed by atoms with E-state index in [2.05, 4.69) is 5.32 Å². The molecule has 19 heavy (non-hydrogen) atoms.